The molecule has 12 heteroatoms. The molecule has 0 aliphatic rings. The van der Waals surface area contributed by atoms with Crippen molar-refractivity contribution >= 4 is 21.9 Å². The molecule has 0 amide bonds. The molecule has 0 bridgehead atoms. The maximum absolute atomic E-state index is 13.8. The van der Waals surface area contributed by atoms with Crippen LogP contribution in [0.25, 0.3) is 77.8 Å². The van der Waals surface area contributed by atoms with Gasteiger partial charge in [0.25, 0.3) is 0 Å². The van der Waals surface area contributed by atoms with Gasteiger partial charge in [-0.05, 0) is 140 Å². The summed E-state index contributed by atoms with van der Waals surface area (Å²) in [6, 6.07) is 32.1. The Labute approximate surface area is 311 Å². The van der Waals surface area contributed by atoms with Crippen LogP contribution in [0.5, 0.6) is 0 Å². The van der Waals surface area contributed by atoms with Crippen LogP contribution in [0, 0.1) is 5.82 Å². The predicted molar refractivity (Wildman–Crippen MR) is 194 cm³/mol. The number of hydrogen-bond donors (Lipinski definition) is 0. The van der Waals surface area contributed by atoms with Gasteiger partial charge in [0, 0.05) is 11.6 Å². The minimum atomic E-state index is -5.11. The second kappa shape index (κ2) is 13.4. The molecule has 0 N–H and O–H groups in total. The first-order valence-corrected chi connectivity index (χ1v) is 16.8. The van der Waals surface area contributed by atoms with Crippen molar-refractivity contribution in [2.24, 2.45) is 0 Å². The third kappa shape index (κ3) is 7.34. The molecule has 280 valence electrons. The third-order valence-corrected chi connectivity index (χ3v) is 9.37. The molecule has 56 heavy (non-hydrogen) atoms. The van der Waals surface area contributed by atoms with Crippen molar-refractivity contribution in [2.75, 3.05) is 0 Å². The fraction of sp³-hybridized carbons (Fsp3) is 0.0682. The van der Waals surface area contributed by atoms with E-state index in [1.54, 1.807) is 24.3 Å². The number of halogens is 10. The summed E-state index contributed by atoms with van der Waals surface area (Å²) >= 11 is 0. The molecule has 0 aliphatic heterocycles. The molecule has 2 nitrogen and oxygen atoms in total. The van der Waals surface area contributed by atoms with Crippen molar-refractivity contribution in [3.05, 3.63) is 162 Å². The van der Waals surface area contributed by atoms with Crippen LogP contribution < -0.4 is 0 Å². The molecular weight excluding hydrogens is 748 g/mol. The van der Waals surface area contributed by atoms with Crippen LogP contribution in [0.3, 0.4) is 0 Å². The van der Waals surface area contributed by atoms with Crippen LogP contribution in [-0.2, 0) is 18.5 Å². The SMILES string of the molecule is Fc1ccc2nc(-c3ccc(-c4ccc5cc(-c6cc(-c7cccc(C(F)(F)F)c7)cc(-c7cc(C(F)(F)F)cc(C(F)(F)F)c7)c6)ccc5c4)cc3)oc2c1. The van der Waals surface area contributed by atoms with Gasteiger partial charge >= 0.3 is 18.5 Å². The number of oxazole rings is 1. The number of nitrogens with zero attached hydrogens (tertiary/aromatic N) is 1. The van der Waals surface area contributed by atoms with Gasteiger partial charge in [0.2, 0.25) is 5.89 Å². The van der Waals surface area contributed by atoms with Crippen molar-refractivity contribution in [1.82, 2.24) is 4.98 Å². The summed E-state index contributed by atoms with van der Waals surface area (Å²) in [5.74, 6) is -0.109. The number of hydrogen-bond acceptors (Lipinski definition) is 2. The Balaban J connectivity index is 1.19. The molecule has 0 saturated heterocycles. The Hall–Kier alpha value is -6.43. The predicted octanol–water partition coefficient (Wildman–Crippen LogP) is 14.5. The molecular formula is C44H23F10NO. The van der Waals surface area contributed by atoms with Crippen molar-refractivity contribution in [3.63, 3.8) is 0 Å². The third-order valence-electron chi connectivity index (χ3n) is 9.37. The first-order chi connectivity index (χ1) is 26.5. The molecule has 0 saturated carbocycles. The second-order valence-electron chi connectivity index (χ2n) is 13.2. The van der Waals surface area contributed by atoms with Gasteiger partial charge < -0.3 is 4.42 Å². The Kier molecular flexibility index (Phi) is 8.74. The molecule has 1 heterocycles. The maximum Gasteiger partial charge on any atom is 0.416 e. The summed E-state index contributed by atoms with van der Waals surface area (Å²) in [5, 5.41) is 1.55. The fourth-order valence-electron chi connectivity index (χ4n) is 6.56. The zero-order valence-corrected chi connectivity index (χ0v) is 28.4. The molecule has 0 aliphatic carbocycles. The lowest BCUT2D eigenvalue weighted by Crippen LogP contribution is -2.11. The van der Waals surface area contributed by atoms with Crippen LogP contribution in [-0.4, -0.2) is 4.98 Å². The highest BCUT2D eigenvalue weighted by Crippen LogP contribution is 2.42. The van der Waals surface area contributed by atoms with Crippen molar-refractivity contribution in [3.8, 4) is 56.0 Å². The lowest BCUT2D eigenvalue weighted by molar-refractivity contribution is -0.143. The monoisotopic (exact) mass is 771 g/mol. The highest BCUT2D eigenvalue weighted by molar-refractivity contribution is 5.92. The van der Waals surface area contributed by atoms with Crippen molar-refractivity contribution in [1.29, 1.82) is 0 Å². The lowest BCUT2D eigenvalue weighted by Gasteiger charge is -2.17. The van der Waals surface area contributed by atoms with Gasteiger partial charge in [0.15, 0.2) is 5.58 Å². The van der Waals surface area contributed by atoms with E-state index in [9.17, 15) is 43.9 Å². The summed E-state index contributed by atoms with van der Waals surface area (Å²) in [4.78, 5) is 4.42. The number of fused-ring (bicyclic) bond motifs is 2. The second-order valence-corrected chi connectivity index (χ2v) is 13.2. The van der Waals surface area contributed by atoms with Gasteiger partial charge in [-0.25, -0.2) is 9.37 Å². The standard InChI is InChI=1S/C44H23F10NO/c45-38-12-13-39-40(23-38)56-41(55-39)25-6-4-24(5-7-25)27-8-9-29-15-30(11-10-28(29)14-27)32-16-31(26-2-1-3-35(19-26)42(46,47)48)17-33(18-32)34-20-36(43(49,50)51)22-37(21-34)44(52,53)54/h1-23H. The average molecular weight is 772 g/mol. The fourth-order valence-corrected chi connectivity index (χ4v) is 6.56. The molecule has 0 atom stereocenters. The Morgan fingerprint density at radius 2 is 0.839 bits per heavy atom. The van der Waals surface area contributed by atoms with Gasteiger partial charge in [0.1, 0.15) is 11.3 Å². The molecule has 0 radical (unpaired) electrons. The Morgan fingerprint density at radius 1 is 0.375 bits per heavy atom. The smallest absolute Gasteiger partial charge is 0.416 e. The van der Waals surface area contributed by atoms with Crippen LogP contribution in [0.4, 0.5) is 43.9 Å². The van der Waals surface area contributed by atoms with Crippen molar-refractivity contribution in [2.45, 2.75) is 18.5 Å². The van der Waals surface area contributed by atoms with Crippen LogP contribution in [0.2, 0.25) is 0 Å². The Bertz CT molecular complexity index is 2740. The number of benzene rings is 7. The summed E-state index contributed by atoms with van der Waals surface area (Å²) in [6.45, 7) is 0. The summed E-state index contributed by atoms with van der Waals surface area (Å²) < 4.78 is 143. The van der Waals surface area contributed by atoms with Crippen molar-refractivity contribution < 1.29 is 48.3 Å². The topological polar surface area (TPSA) is 26.0 Å². The lowest BCUT2D eigenvalue weighted by atomic mass is 9.90. The zero-order valence-electron chi connectivity index (χ0n) is 28.4. The van der Waals surface area contributed by atoms with E-state index >= 15 is 0 Å². The summed E-state index contributed by atoms with van der Waals surface area (Å²) in [6.07, 6.45) is -14.9. The molecule has 1 aromatic heterocycles. The first-order valence-electron chi connectivity index (χ1n) is 16.8. The number of aromatic nitrogens is 1. The molecule has 0 fully saturated rings. The largest absolute Gasteiger partial charge is 0.436 e. The van der Waals surface area contributed by atoms with Gasteiger partial charge in [-0.3, -0.25) is 0 Å². The minimum Gasteiger partial charge on any atom is -0.436 e. The van der Waals surface area contributed by atoms with E-state index in [2.05, 4.69) is 4.98 Å². The van der Waals surface area contributed by atoms with Crippen LogP contribution in [0.15, 0.2) is 144 Å². The summed E-state index contributed by atoms with van der Waals surface area (Å²) in [7, 11) is 0. The first kappa shape index (κ1) is 36.5. The van der Waals surface area contributed by atoms with Gasteiger partial charge in [-0.2, -0.15) is 39.5 Å². The normalized spacial score (nSPS) is 12.5. The van der Waals surface area contributed by atoms with E-state index in [1.165, 1.54) is 42.5 Å². The van der Waals surface area contributed by atoms with Crippen LogP contribution >= 0.6 is 0 Å². The van der Waals surface area contributed by atoms with E-state index in [1.807, 2.05) is 42.5 Å². The average Bonchev–Trinajstić information content (AvgIpc) is 3.59. The highest BCUT2D eigenvalue weighted by atomic mass is 19.4. The Morgan fingerprint density at radius 3 is 1.41 bits per heavy atom. The van der Waals surface area contributed by atoms with Gasteiger partial charge in [0.05, 0.1) is 16.7 Å². The number of rotatable bonds is 5. The van der Waals surface area contributed by atoms with Crippen LogP contribution in [0.1, 0.15) is 16.7 Å². The summed E-state index contributed by atoms with van der Waals surface area (Å²) in [5.41, 5.74) is -0.163. The van der Waals surface area contributed by atoms with Gasteiger partial charge in [-0.15, -0.1) is 0 Å². The molecule has 7 aromatic carbocycles. The molecule has 0 spiro atoms. The maximum atomic E-state index is 13.8. The molecule has 0 unspecified atom stereocenters. The van der Waals surface area contributed by atoms with Gasteiger partial charge in [-0.1, -0.05) is 48.5 Å². The zero-order chi connectivity index (χ0) is 39.6. The van der Waals surface area contributed by atoms with E-state index in [-0.39, 0.29) is 22.8 Å². The van der Waals surface area contributed by atoms with E-state index < -0.39 is 46.6 Å². The molecule has 8 rings (SSSR count). The number of alkyl halides is 9. The minimum absolute atomic E-state index is 0.0221. The van der Waals surface area contributed by atoms with E-state index in [4.69, 9.17) is 4.42 Å². The molecule has 8 aromatic rings. The van der Waals surface area contributed by atoms with E-state index in [0.29, 0.717) is 45.8 Å². The van der Waals surface area contributed by atoms with E-state index in [0.717, 1.165) is 34.0 Å². The quantitative estimate of drug-likeness (QED) is 0.163. The highest BCUT2D eigenvalue weighted by Gasteiger charge is 2.37.